The molecular weight excluding hydrogens is 252 g/mol. The van der Waals surface area contributed by atoms with Crippen LogP contribution in [0.1, 0.15) is 39.9 Å². The van der Waals surface area contributed by atoms with Gasteiger partial charge in [-0.1, -0.05) is 24.3 Å². The van der Waals surface area contributed by atoms with Crippen LogP contribution in [0.2, 0.25) is 0 Å². The summed E-state index contributed by atoms with van der Waals surface area (Å²) in [5.74, 6) is 0.520. The summed E-state index contributed by atoms with van der Waals surface area (Å²) in [5.41, 5.74) is 3.10. The highest BCUT2D eigenvalue weighted by molar-refractivity contribution is 5.87. The molecule has 4 rings (SSSR count). The van der Waals surface area contributed by atoms with Crippen LogP contribution in [-0.4, -0.2) is 22.6 Å². The quantitative estimate of drug-likeness (QED) is 0.908. The Labute approximate surface area is 116 Å². The van der Waals surface area contributed by atoms with Crippen LogP contribution in [0, 0.1) is 0 Å². The number of hydrogen-bond acceptors (Lipinski definition) is 3. The molecule has 1 aliphatic heterocycles. The Morgan fingerprint density at radius 2 is 2.00 bits per heavy atom. The summed E-state index contributed by atoms with van der Waals surface area (Å²) in [7, 11) is 0. The predicted molar refractivity (Wildman–Crippen MR) is 75.1 cm³/mol. The second-order valence-corrected chi connectivity index (χ2v) is 5.44. The third kappa shape index (κ3) is 1.54. The van der Waals surface area contributed by atoms with Crippen LogP contribution >= 0.6 is 0 Å². The molecule has 2 atom stereocenters. The number of benzene rings is 1. The molecule has 1 N–H and O–H groups in total. The lowest BCUT2D eigenvalue weighted by atomic mass is 9.99. The Bertz CT molecular complexity index is 681. The first-order valence-corrected chi connectivity index (χ1v) is 6.79. The summed E-state index contributed by atoms with van der Waals surface area (Å²) in [6, 6.07) is 12.4. The van der Waals surface area contributed by atoms with Gasteiger partial charge >= 0.3 is 5.97 Å². The number of aromatic nitrogens is 1. The first-order valence-electron chi connectivity index (χ1n) is 6.79. The van der Waals surface area contributed by atoms with E-state index in [0.29, 0.717) is 12.0 Å². The average Bonchev–Trinajstić information content (AvgIpc) is 3.07. The zero-order chi connectivity index (χ0) is 13.7. The summed E-state index contributed by atoms with van der Waals surface area (Å²) in [6.07, 6.45) is 2.58. The van der Waals surface area contributed by atoms with Crippen molar-refractivity contribution in [1.29, 1.82) is 0 Å². The molecule has 0 spiro atoms. The molecule has 1 aromatic carbocycles. The molecule has 2 unspecified atom stereocenters. The molecule has 1 fully saturated rings. The smallest absolute Gasteiger partial charge is 0.337 e. The van der Waals surface area contributed by atoms with E-state index in [4.69, 9.17) is 5.11 Å². The van der Waals surface area contributed by atoms with Crippen molar-refractivity contribution in [2.45, 2.75) is 18.4 Å². The summed E-state index contributed by atoms with van der Waals surface area (Å²) in [6.45, 7) is 0.973. The van der Waals surface area contributed by atoms with Crippen molar-refractivity contribution in [2.75, 3.05) is 11.4 Å². The first kappa shape index (κ1) is 11.5. The molecule has 100 valence electrons. The average molecular weight is 266 g/mol. The fourth-order valence-electron chi connectivity index (χ4n) is 3.48. The lowest BCUT2D eigenvalue weighted by Crippen LogP contribution is -2.27. The van der Waals surface area contributed by atoms with Crippen molar-refractivity contribution in [3.8, 4) is 0 Å². The van der Waals surface area contributed by atoms with Crippen molar-refractivity contribution < 1.29 is 9.90 Å². The number of carbonyl (C=O) groups is 1. The van der Waals surface area contributed by atoms with E-state index in [2.05, 4.69) is 34.1 Å². The minimum absolute atomic E-state index is 0.235. The zero-order valence-corrected chi connectivity index (χ0v) is 10.9. The molecular formula is C16H14N2O2. The van der Waals surface area contributed by atoms with Gasteiger partial charge in [0, 0.05) is 18.7 Å². The Morgan fingerprint density at radius 3 is 2.70 bits per heavy atom. The van der Waals surface area contributed by atoms with E-state index in [1.165, 1.54) is 17.3 Å². The maximum absolute atomic E-state index is 10.9. The second kappa shape index (κ2) is 4.07. The molecule has 1 saturated heterocycles. The third-order valence-electron chi connectivity index (χ3n) is 4.39. The number of carboxylic acids is 1. The zero-order valence-electron chi connectivity index (χ0n) is 10.9. The Kier molecular flexibility index (Phi) is 2.33. The van der Waals surface area contributed by atoms with Gasteiger partial charge in [-0.15, -0.1) is 0 Å². The Balaban J connectivity index is 1.68. The van der Waals surface area contributed by atoms with Gasteiger partial charge in [0.15, 0.2) is 0 Å². The highest BCUT2D eigenvalue weighted by Crippen LogP contribution is 2.51. The van der Waals surface area contributed by atoms with Crippen LogP contribution in [0.25, 0.3) is 0 Å². The maximum atomic E-state index is 10.9. The van der Waals surface area contributed by atoms with E-state index >= 15 is 0 Å². The molecule has 20 heavy (non-hydrogen) atoms. The summed E-state index contributed by atoms with van der Waals surface area (Å²) in [4.78, 5) is 17.5. The minimum atomic E-state index is -0.933. The number of hydrogen-bond donors (Lipinski definition) is 1. The van der Waals surface area contributed by atoms with E-state index in [1.54, 1.807) is 6.07 Å². The number of rotatable bonds is 2. The van der Waals surface area contributed by atoms with Gasteiger partial charge in [-0.3, -0.25) is 0 Å². The summed E-state index contributed by atoms with van der Waals surface area (Å²) in [5, 5.41) is 8.92. The third-order valence-corrected chi connectivity index (χ3v) is 4.39. The van der Waals surface area contributed by atoms with Gasteiger partial charge in [-0.25, -0.2) is 9.78 Å². The Hall–Kier alpha value is -2.36. The maximum Gasteiger partial charge on any atom is 0.337 e. The molecule has 2 aromatic rings. The molecule has 2 aliphatic rings. The topological polar surface area (TPSA) is 53.4 Å². The monoisotopic (exact) mass is 266 g/mol. The molecule has 1 aliphatic carbocycles. The number of aromatic carboxylic acids is 1. The summed E-state index contributed by atoms with van der Waals surface area (Å²) >= 11 is 0. The van der Waals surface area contributed by atoms with Crippen LogP contribution in [-0.2, 0) is 0 Å². The van der Waals surface area contributed by atoms with Crippen molar-refractivity contribution in [3.63, 3.8) is 0 Å². The van der Waals surface area contributed by atoms with Crippen molar-refractivity contribution >= 4 is 11.8 Å². The largest absolute Gasteiger partial charge is 0.478 e. The number of pyridine rings is 1. The number of fused-ring (bicyclic) bond motifs is 5. The fourth-order valence-corrected chi connectivity index (χ4v) is 3.48. The van der Waals surface area contributed by atoms with E-state index in [0.717, 1.165) is 18.8 Å². The molecule has 0 saturated carbocycles. The van der Waals surface area contributed by atoms with Gasteiger partial charge in [0.2, 0.25) is 0 Å². The molecule has 2 heterocycles. The van der Waals surface area contributed by atoms with Gasteiger partial charge in [0.05, 0.1) is 11.6 Å². The van der Waals surface area contributed by atoms with Crippen LogP contribution in [0.4, 0.5) is 5.82 Å². The van der Waals surface area contributed by atoms with E-state index in [9.17, 15) is 4.79 Å². The summed E-state index contributed by atoms with van der Waals surface area (Å²) < 4.78 is 0. The highest BCUT2D eigenvalue weighted by Gasteiger charge is 2.42. The van der Waals surface area contributed by atoms with E-state index in [1.807, 2.05) is 6.07 Å². The van der Waals surface area contributed by atoms with Crippen molar-refractivity contribution in [3.05, 3.63) is 59.3 Å². The van der Waals surface area contributed by atoms with Crippen LogP contribution < -0.4 is 4.90 Å². The SMILES string of the molecule is O=C(O)c1ccc(N2CC3CC2c2ccccc23)nc1. The lowest BCUT2D eigenvalue weighted by molar-refractivity contribution is 0.0696. The fraction of sp³-hybridized carbons (Fsp3) is 0.250. The van der Waals surface area contributed by atoms with Crippen LogP contribution in [0.3, 0.4) is 0 Å². The van der Waals surface area contributed by atoms with Crippen molar-refractivity contribution in [2.24, 2.45) is 0 Å². The van der Waals surface area contributed by atoms with Gasteiger partial charge in [0.25, 0.3) is 0 Å². The van der Waals surface area contributed by atoms with Gasteiger partial charge < -0.3 is 10.0 Å². The lowest BCUT2D eigenvalue weighted by Gasteiger charge is -2.29. The Morgan fingerprint density at radius 1 is 1.20 bits per heavy atom. The second-order valence-electron chi connectivity index (χ2n) is 5.44. The van der Waals surface area contributed by atoms with Crippen LogP contribution in [0.15, 0.2) is 42.6 Å². The minimum Gasteiger partial charge on any atom is -0.478 e. The molecule has 4 nitrogen and oxygen atoms in total. The number of nitrogens with zero attached hydrogens (tertiary/aromatic N) is 2. The normalized spacial score (nSPS) is 22.9. The van der Waals surface area contributed by atoms with E-state index in [-0.39, 0.29) is 5.56 Å². The number of carboxylic acid groups (broad SMARTS) is 1. The van der Waals surface area contributed by atoms with Gasteiger partial charge in [-0.2, -0.15) is 0 Å². The molecule has 4 heteroatoms. The molecule has 2 bridgehead atoms. The predicted octanol–water partition coefficient (Wildman–Crippen LogP) is 2.83. The first-order chi connectivity index (χ1) is 9.74. The van der Waals surface area contributed by atoms with Crippen molar-refractivity contribution in [1.82, 2.24) is 4.98 Å². The van der Waals surface area contributed by atoms with Crippen LogP contribution in [0.5, 0.6) is 0 Å². The van der Waals surface area contributed by atoms with E-state index < -0.39 is 5.97 Å². The van der Waals surface area contributed by atoms with Gasteiger partial charge in [0.1, 0.15) is 5.82 Å². The molecule has 0 radical (unpaired) electrons. The van der Waals surface area contributed by atoms with Gasteiger partial charge in [-0.05, 0) is 29.7 Å². The highest BCUT2D eigenvalue weighted by atomic mass is 16.4. The standard InChI is InChI=1S/C16H14N2O2/c19-16(20)10-5-6-15(17-8-10)18-9-11-7-14(18)13-4-2-1-3-12(11)13/h1-6,8,11,14H,7,9H2,(H,19,20). The molecule has 0 amide bonds. The number of anilines is 1. The molecule has 1 aromatic heterocycles.